The van der Waals surface area contributed by atoms with Gasteiger partial charge in [0.1, 0.15) is 11.6 Å². The molecule has 0 amide bonds. The molecule has 0 bridgehead atoms. The van der Waals surface area contributed by atoms with E-state index in [4.69, 9.17) is 10.5 Å². The summed E-state index contributed by atoms with van der Waals surface area (Å²) in [6, 6.07) is 0.284. The fraction of sp³-hybridized carbons (Fsp3) is 0.714. The topological polar surface area (TPSA) is 70.1 Å². The van der Waals surface area contributed by atoms with Gasteiger partial charge in [0.25, 0.3) is 0 Å². The molecule has 0 aromatic carbocycles. The molecule has 0 radical (unpaired) electrons. The van der Waals surface area contributed by atoms with E-state index in [1.807, 2.05) is 11.5 Å². The molecule has 1 heterocycles. The van der Waals surface area contributed by atoms with Gasteiger partial charge in [0.15, 0.2) is 5.69 Å². The molecule has 0 spiro atoms. The zero-order valence-electron chi connectivity index (χ0n) is 12.0. The molecular formula is C14H23N3O2. The van der Waals surface area contributed by atoms with Gasteiger partial charge >= 0.3 is 5.97 Å². The number of hydrogen-bond acceptors (Lipinski definition) is 4. The number of methoxy groups -OCH3 is 1. The van der Waals surface area contributed by atoms with Crippen molar-refractivity contribution in [3.05, 3.63) is 11.5 Å². The number of esters is 1. The molecule has 1 fully saturated rings. The summed E-state index contributed by atoms with van der Waals surface area (Å²) in [7, 11) is 1.35. The Morgan fingerprint density at radius 1 is 1.42 bits per heavy atom. The van der Waals surface area contributed by atoms with Crippen LogP contribution < -0.4 is 5.73 Å². The number of carbonyl (C=O) groups is 1. The van der Waals surface area contributed by atoms with E-state index in [2.05, 4.69) is 11.9 Å². The maximum absolute atomic E-state index is 11.6. The molecule has 1 atom stereocenters. The number of ether oxygens (including phenoxy) is 1. The number of anilines is 1. The summed E-state index contributed by atoms with van der Waals surface area (Å²) in [5, 5.41) is 0. The molecule has 19 heavy (non-hydrogen) atoms. The Bertz CT molecular complexity index is 462. The molecule has 1 aliphatic carbocycles. The molecule has 2 rings (SSSR count). The number of imidazole rings is 1. The summed E-state index contributed by atoms with van der Waals surface area (Å²) in [4.78, 5) is 15.9. The van der Waals surface area contributed by atoms with Crippen LogP contribution in [0.3, 0.4) is 0 Å². The van der Waals surface area contributed by atoms with Gasteiger partial charge in [0, 0.05) is 6.04 Å². The Labute approximate surface area is 114 Å². The van der Waals surface area contributed by atoms with Gasteiger partial charge in [-0.3, -0.25) is 0 Å². The smallest absolute Gasteiger partial charge is 0.360 e. The zero-order chi connectivity index (χ0) is 14.0. The number of aromatic nitrogens is 2. The molecule has 0 aliphatic heterocycles. The minimum absolute atomic E-state index is 0.239. The second-order valence-electron chi connectivity index (χ2n) is 5.39. The van der Waals surface area contributed by atoms with Gasteiger partial charge in [0.05, 0.1) is 7.11 Å². The molecule has 1 saturated carbocycles. The fourth-order valence-electron chi connectivity index (χ4n) is 3.15. The van der Waals surface area contributed by atoms with Gasteiger partial charge in [-0.2, -0.15) is 0 Å². The van der Waals surface area contributed by atoms with Crippen LogP contribution in [0.1, 0.15) is 61.4 Å². The maximum atomic E-state index is 11.6. The lowest BCUT2D eigenvalue weighted by Gasteiger charge is -2.29. The highest BCUT2D eigenvalue weighted by Crippen LogP contribution is 2.35. The third-order valence-corrected chi connectivity index (χ3v) is 4.24. The number of carbonyl (C=O) groups excluding carboxylic acids is 1. The van der Waals surface area contributed by atoms with Crippen LogP contribution in [0.15, 0.2) is 0 Å². The van der Waals surface area contributed by atoms with Crippen LogP contribution in [-0.4, -0.2) is 22.6 Å². The maximum Gasteiger partial charge on any atom is 0.360 e. The van der Waals surface area contributed by atoms with Gasteiger partial charge in [-0.05, 0) is 32.6 Å². The average molecular weight is 265 g/mol. The lowest BCUT2D eigenvalue weighted by molar-refractivity contribution is 0.0595. The first-order valence-electron chi connectivity index (χ1n) is 6.98. The highest BCUT2D eigenvalue weighted by molar-refractivity contribution is 5.92. The van der Waals surface area contributed by atoms with E-state index in [9.17, 15) is 4.79 Å². The first-order chi connectivity index (χ1) is 9.06. The van der Waals surface area contributed by atoms with Gasteiger partial charge in [0.2, 0.25) is 0 Å². The van der Waals surface area contributed by atoms with Gasteiger partial charge < -0.3 is 15.0 Å². The van der Waals surface area contributed by atoms with Crippen molar-refractivity contribution in [3.63, 3.8) is 0 Å². The minimum atomic E-state index is -0.463. The van der Waals surface area contributed by atoms with Crippen LogP contribution in [0.4, 0.5) is 5.82 Å². The van der Waals surface area contributed by atoms with E-state index in [1.54, 1.807) is 0 Å². The third-order valence-electron chi connectivity index (χ3n) is 4.24. The van der Waals surface area contributed by atoms with Crippen LogP contribution in [0.5, 0.6) is 0 Å². The molecule has 1 aromatic rings. The Kier molecular flexibility index (Phi) is 4.12. The molecule has 1 aliphatic rings. The van der Waals surface area contributed by atoms with Crippen LogP contribution in [0.25, 0.3) is 0 Å². The summed E-state index contributed by atoms with van der Waals surface area (Å²) in [6.45, 7) is 4.06. The molecule has 5 nitrogen and oxygen atoms in total. The number of aryl methyl sites for hydroxylation is 1. The monoisotopic (exact) mass is 265 g/mol. The molecule has 1 unspecified atom stereocenters. The number of hydrogen-bond donors (Lipinski definition) is 1. The van der Waals surface area contributed by atoms with Gasteiger partial charge in [-0.15, -0.1) is 0 Å². The van der Waals surface area contributed by atoms with Gasteiger partial charge in [-0.25, -0.2) is 9.78 Å². The number of nitrogen functional groups attached to an aromatic ring is 1. The van der Waals surface area contributed by atoms with E-state index in [0.29, 0.717) is 11.7 Å². The Morgan fingerprint density at radius 2 is 2.05 bits per heavy atom. The number of nitrogens with zero attached hydrogens (tertiary/aromatic N) is 2. The van der Waals surface area contributed by atoms with E-state index in [0.717, 1.165) is 5.82 Å². The second-order valence-corrected chi connectivity index (χ2v) is 5.39. The molecule has 106 valence electrons. The van der Waals surface area contributed by atoms with E-state index in [-0.39, 0.29) is 11.7 Å². The van der Waals surface area contributed by atoms with Crippen LogP contribution in [0.2, 0.25) is 0 Å². The summed E-state index contributed by atoms with van der Waals surface area (Å²) in [5.74, 6) is 1.38. The summed E-state index contributed by atoms with van der Waals surface area (Å²) < 4.78 is 6.70. The quantitative estimate of drug-likeness (QED) is 0.853. The van der Waals surface area contributed by atoms with Crippen LogP contribution in [0, 0.1) is 12.8 Å². The van der Waals surface area contributed by atoms with E-state index in [1.165, 1.54) is 39.2 Å². The molecular weight excluding hydrogens is 242 g/mol. The zero-order valence-corrected chi connectivity index (χ0v) is 12.0. The van der Waals surface area contributed by atoms with Gasteiger partial charge in [-0.1, -0.05) is 19.3 Å². The molecule has 2 N–H and O–H groups in total. The standard InChI is InChI=1S/C14H23N3O2/c1-9(11-7-5-4-6-8-11)17-10(2)16-12(13(17)15)14(18)19-3/h9,11H,4-8,15H2,1-3H3. The first kappa shape index (κ1) is 13.9. The first-order valence-corrected chi connectivity index (χ1v) is 6.98. The summed E-state index contributed by atoms with van der Waals surface area (Å²) in [6.07, 6.45) is 6.35. The SMILES string of the molecule is COC(=O)c1nc(C)n(C(C)C2CCCCC2)c1N. The molecule has 0 saturated heterocycles. The van der Waals surface area contributed by atoms with Crippen molar-refractivity contribution in [2.24, 2.45) is 5.92 Å². The number of nitrogens with two attached hydrogens (primary N) is 1. The van der Waals surface area contributed by atoms with Crippen molar-refractivity contribution >= 4 is 11.8 Å². The second kappa shape index (κ2) is 5.63. The predicted molar refractivity (Wildman–Crippen MR) is 74.0 cm³/mol. The van der Waals surface area contributed by atoms with Crippen molar-refractivity contribution in [1.29, 1.82) is 0 Å². The summed E-state index contributed by atoms with van der Waals surface area (Å²) in [5.41, 5.74) is 6.33. The van der Waals surface area contributed by atoms with Crippen molar-refractivity contribution in [2.45, 2.75) is 52.0 Å². The van der Waals surface area contributed by atoms with Crippen LogP contribution in [-0.2, 0) is 4.74 Å². The van der Waals surface area contributed by atoms with Crippen molar-refractivity contribution in [2.75, 3.05) is 12.8 Å². The summed E-state index contributed by atoms with van der Waals surface area (Å²) >= 11 is 0. The normalized spacial score (nSPS) is 18.3. The highest BCUT2D eigenvalue weighted by atomic mass is 16.5. The van der Waals surface area contributed by atoms with Crippen LogP contribution >= 0.6 is 0 Å². The number of rotatable bonds is 3. The van der Waals surface area contributed by atoms with Crippen molar-refractivity contribution in [1.82, 2.24) is 9.55 Å². The van der Waals surface area contributed by atoms with E-state index < -0.39 is 5.97 Å². The Balaban J connectivity index is 2.28. The lowest BCUT2D eigenvalue weighted by Crippen LogP contribution is -2.21. The average Bonchev–Trinajstić information content (AvgIpc) is 2.73. The third kappa shape index (κ3) is 2.60. The largest absolute Gasteiger partial charge is 0.464 e. The Morgan fingerprint density at radius 3 is 2.63 bits per heavy atom. The molecule has 1 aromatic heterocycles. The highest BCUT2D eigenvalue weighted by Gasteiger charge is 2.27. The van der Waals surface area contributed by atoms with E-state index >= 15 is 0 Å². The predicted octanol–water partition coefficient (Wildman–Crippen LogP) is 2.70. The van der Waals surface area contributed by atoms with Crippen molar-refractivity contribution < 1.29 is 9.53 Å². The minimum Gasteiger partial charge on any atom is -0.464 e. The Hall–Kier alpha value is -1.52. The fourth-order valence-corrected chi connectivity index (χ4v) is 3.15. The molecule has 5 heteroatoms. The van der Waals surface area contributed by atoms with Crippen molar-refractivity contribution in [3.8, 4) is 0 Å². The lowest BCUT2D eigenvalue weighted by atomic mass is 9.84.